The number of halogens is 2. The van der Waals surface area contributed by atoms with Crippen LogP contribution in [-0.2, 0) is 4.79 Å². The highest BCUT2D eigenvalue weighted by molar-refractivity contribution is 9.10. The molecule has 1 aliphatic heterocycles. The summed E-state index contributed by atoms with van der Waals surface area (Å²) in [5, 5.41) is 0. The molecule has 0 saturated carbocycles. The Balaban J connectivity index is 2.03. The number of piperidine rings is 1. The Bertz CT molecular complexity index is 689. The second kappa shape index (κ2) is 8.61. The minimum absolute atomic E-state index is 0.125. The largest absolute Gasteiger partial charge is 0.300 e. The number of hydrogen-bond donors (Lipinski definition) is 0. The summed E-state index contributed by atoms with van der Waals surface area (Å²) in [4.78, 5) is 15.1. The number of nitrogens with zero attached hydrogens (tertiary/aromatic N) is 1. The van der Waals surface area contributed by atoms with Crippen LogP contribution in [0.2, 0.25) is 0 Å². The maximum absolute atomic E-state index is 12.6. The molecule has 0 spiro atoms. The lowest BCUT2D eigenvalue weighted by Gasteiger charge is -2.42. The summed E-state index contributed by atoms with van der Waals surface area (Å²) in [6.07, 6.45) is 3.46. The molecule has 0 unspecified atom stereocenters. The lowest BCUT2D eigenvalue weighted by atomic mass is 9.86. The number of rotatable bonds is 5. The molecule has 2 aromatic rings. The van der Waals surface area contributed by atoms with Crippen LogP contribution in [0.3, 0.4) is 0 Å². The first-order valence-electron chi connectivity index (χ1n) is 8.88. The number of hydrogen-bond acceptors (Lipinski definition) is 2. The first-order chi connectivity index (χ1) is 12.1. The van der Waals surface area contributed by atoms with Crippen molar-refractivity contribution in [3.63, 3.8) is 0 Å². The van der Waals surface area contributed by atoms with Crippen molar-refractivity contribution in [3.05, 3.63) is 68.6 Å². The van der Waals surface area contributed by atoms with Crippen LogP contribution >= 0.6 is 31.9 Å². The quantitative estimate of drug-likeness (QED) is 0.506. The summed E-state index contributed by atoms with van der Waals surface area (Å²) in [6.45, 7) is 3.22. The van der Waals surface area contributed by atoms with Crippen molar-refractivity contribution in [1.82, 2.24) is 4.90 Å². The molecule has 1 heterocycles. The monoisotopic (exact) mass is 463 g/mol. The van der Waals surface area contributed by atoms with E-state index in [1.54, 1.807) is 0 Å². The summed E-state index contributed by atoms with van der Waals surface area (Å²) < 4.78 is 2.17. The van der Waals surface area contributed by atoms with Gasteiger partial charge in [-0.25, -0.2) is 0 Å². The van der Waals surface area contributed by atoms with E-state index in [2.05, 4.69) is 80.1 Å². The van der Waals surface area contributed by atoms with Crippen LogP contribution in [0, 0.1) is 0 Å². The van der Waals surface area contributed by atoms with Crippen LogP contribution in [0.5, 0.6) is 0 Å². The Morgan fingerprint density at radius 1 is 0.920 bits per heavy atom. The van der Waals surface area contributed by atoms with Crippen molar-refractivity contribution in [2.75, 3.05) is 6.54 Å². The third-order valence-corrected chi connectivity index (χ3v) is 6.39. The minimum atomic E-state index is 0.125. The van der Waals surface area contributed by atoms with Gasteiger partial charge in [0.15, 0.2) is 0 Å². The zero-order valence-corrected chi connectivity index (χ0v) is 17.6. The predicted octanol–water partition coefficient (Wildman–Crippen LogP) is 6.46. The number of ketones is 1. The maximum atomic E-state index is 12.6. The number of likely N-dealkylation sites (tertiary alicyclic amines) is 1. The smallest absolute Gasteiger partial charge is 0.136 e. The van der Waals surface area contributed by atoms with Crippen LogP contribution in [0.25, 0.3) is 0 Å². The molecule has 4 heteroatoms. The van der Waals surface area contributed by atoms with Gasteiger partial charge in [-0.15, -0.1) is 0 Å². The van der Waals surface area contributed by atoms with E-state index < -0.39 is 0 Å². The SMILES string of the molecule is CCCCN1[C@@H](c2ccccc2Br)CC(=O)C[C@H]1c1ccccc1Br. The average molecular weight is 465 g/mol. The average Bonchev–Trinajstić information content (AvgIpc) is 2.61. The van der Waals surface area contributed by atoms with Crippen molar-refractivity contribution in [1.29, 1.82) is 0 Å². The standard InChI is InChI=1S/C21H23Br2NO/c1-2-3-12-24-20(16-8-4-6-10-18(16)22)13-15(25)14-21(24)17-9-5-7-11-19(17)23/h4-11,20-21H,2-3,12-14H2,1H3/t20-,21+. The van der Waals surface area contributed by atoms with Gasteiger partial charge in [-0.2, -0.15) is 0 Å². The molecule has 2 atom stereocenters. The van der Waals surface area contributed by atoms with Crippen LogP contribution < -0.4 is 0 Å². The summed E-state index contributed by atoms with van der Waals surface area (Å²) >= 11 is 7.38. The Kier molecular flexibility index (Phi) is 6.48. The highest BCUT2D eigenvalue weighted by Crippen LogP contribution is 2.43. The molecule has 0 N–H and O–H groups in total. The molecule has 0 aliphatic carbocycles. The Hall–Kier alpha value is -0.970. The van der Waals surface area contributed by atoms with Gasteiger partial charge in [0, 0.05) is 33.9 Å². The normalized spacial score (nSPS) is 21.5. The zero-order chi connectivity index (χ0) is 17.8. The van der Waals surface area contributed by atoms with Gasteiger partial charge in [0.1, 0.15) is 5.78 Å². The highest BCUT2D eigenvalue weighted by atomic mass is 79.9. The molecule has 3 rings (SSSR count). The fourth-order valence-corrected chi connectivity index (χ4v) is 4.78. The van der Waals surface area contributed by atoms with Crippen molar-refractivity contribution >= 4 is 37.6 Å². The van der Waals surface area contributed by atoms with Gasteiger partial charge in [-0.1, -0.05) is 81.6 Å². The van der Waals surface area contributed by atoms with E-state index in [9.17, 15) is 4.79 Å². The molecule has 132 valence electrons. The van der Waals surface area contributed by atoms with Crippen molar-refractivity contribution in [2.45, 2.75) is 44.7 Å². The number of benzene rings is 2. The van der Waals surface area contributed by atoms with E-state index in [1.807, 2.05) is 12.1 Å². The van der Waals surface area contributed by atoms with Crippen LogP contribution in [0.4, 0.5) is 0 Å². The van der Waals surface area contributed by atoms with E-state index in [4.69, 9.17) is 0 Å². The second-order valence-electron chi connectivity index (χ2n) is 6.61. The molecule has 2 aromatic carbocycles. The van der Waals surface area contributed by atoms with Gasteiger partial charge in [0.05, 0.1) is 0 Å². The van der Waals surface area contributed by atoms with E-state index in [-0.39, 0.29) is 12.1 Å². The molecule has 0 amide bonds. The lowest BCUT2D eigenvalue weighted by molar-refractivity contribution is -0.125. The van der Waals surface area contributed by atoms with Crippen molar-refractivity contribution in [3.8, 4) is 0 Å². The maximum Gasteiger partial charge on any atom is 0.136 e. The Morgan fingerprint density at radius 3 is 1.84 bits per heavy atom. The van der Waals surface area contributed by atoms with Crippen LogP contribution in [-0.4, -0.2) is 17.2 Å². The molecular formula is C21H23Br2NO. The second-order valence-corrected chi connectivity index (χ2v) is 8.32. The Labute approximate surface area is 166 Å². The molecule has 0 radical (unpaired) electrons. The summed E-state index contributed by atoms with van der Waals surface area (Å²) in [5.74, 6) is 0.342. The first kappa shape index (κ1) is 18.8. The minimum Gasteiger partial charge on any atom is -0.300 e. The third kappa shape index (κ3) is 4.24. The van der Waals surface area contributed by atoms with E-state index >= 15 is 0 Å². The Morgan fingerprint density at radius 2 is 1.40 bits per heavy atom. The predicted molar refractivity (Wildman–Crippen MR) is 110 cm³/mol. The zero-order valence-electron chi connectivity index (χ0n) is 14.4. The molecule has 1 fully saturated rings. The highest BCUT2D eigenvalue weighted by Gasteiger charge is 2.37. The van der Waals surface area contributed by atoms with Gasteiger partial charge < -0.3 is 0 Å². The van der Waals surface area contributed by atoms with E-state index in [1.165, 1.54) is 11.1 Å². The van der Waals surface area contributed by atoms with Gasteiger partial charge in [-0.05, 0) is 36.2 Å². The summed E-state index contributed by atoms with van der Waals surface area (Å²) in [6, 6.07) is 16.8. The number of unbranched alkanes of at least 4 members (excludes halogenated alkanes) is 1. The molecule has 25 heavy (non-hydrogen) atoms. The number of carbonyl (C=O) groups excluding carboxylic acids is 1. The first-order valence-corrected chi connectivity index (χ1v) is 10.5. The van der Waals surface area contributed by atoms with E-state index in [0.717, 1.165) is 28.3 Å². The fraction of sp³-hybridized carbons (Fsp3) is 0.381. The fourth-order valence-electron chi connectivity index (χ4n) is 3.69. The summed E-state index contributed by atoms with van der Waals surface area (Å²) in [7, 11) is 0. The van der Waals surface area contributed by atoms with E-state index in [0.29, 0.717) is 18.6 Å². The van der Waals surface area contributed by atoms with Gasteiger partial charge in [0.25, 0.3) is 0 Å². The van der Waals surface area contributed by atoms with Gasteiger partial charge >= 0.3 is 0 Å². The van der Waals surface area contributed by atoms with Gasteiger partial charge in [0.2, 0.25) is 0 Å². The molecule has 2 nitrogen and oxygen atoms in total. The molecular weight excluding hydrogens is 442 g/mol. The lowest BCUT2D eigenvalue weighted by Crippen LogP contribution is -2.40. The van der Waals surface area contributed by atoms with Crippen molar-refractivity contribution < 1.29 is 4.79 Å². The topological polar surface area (TPSA) is 20.3 Å². The third-order valence-electron chi connectivity index (χ3n) is 4.94. The molecule has 1 aliphatic rings. The molecule has 1 saturated heterocycles. The van der Waals surface area contributed by atoms with Gasteiger partial charge in [-0.3, -0.25) is 9.69 Å². The van der Waals surface area contributed by atoms with Crippen LogP contribution in [0.1, 0.15) is 55.8 Å². The molecule has 0 aromatic heterocycles. The van der Waals surface area contributed by atoms with Crippen LogP contribution in [0.15, 0.2) is 57.5 Å². The number of Topliss-reactive ketones (excluding diaryl/α,β-unsaturated/α-hetero) is 1. The van der Waals surface area contributed by atoms with Crippen molar-refractivity contribution in [2.24, 2.45) is 0 Å². The number of carbonyl (C=O) groups is 1. The summed E-state index contributed by atoms with van der Waals surface area (Å²) in [5.41, 5.74) is 2.42. The molecule has 0 bridgehead atoms.